The van der Waals surface area contributed by atoms with E-state index in [0.29, 0.717) is 23.5 Å². The molecule has 2 aliphatic rings. The lowest BCUT2D eigenvalue weighted by Gasteiger charge is -2.24. The summed E-state index contributed by atoms with van der Waals surface area (Å²) in [5, 5.41) is 0. The fraction of sp³-hybridized carbons (Fsp3) is 0.667. The van der Waals surface area contributed by atoms with Gasteiger partial charge in [-0.25, -0.2) is 0 Å². The average Bonchev–Trinajstić information content (AvgIpc) is 2.83. The molecule has 8 heteroatoms. The molecule has 0 saturated heterocycles. The molecular weight excluding hydrogens is 520 g/mol. The molecule has 0 amide bonds. The largest absolute Gasteiger partial charge is 0.379 e. The van der Waals surface area contributed by atoms with Gasteiger partial charge in [0.05, 0.1) is 4.91 Å². The van der Waals surface area contributed by atoms with Crippen molar-refractivity contribution in [3.05, 3.63) is 45.9 Å². The Labute approximate surface area is 230 Å². The van der Waals surface area contributed by atoms with Crippen molar-refractivity contribution in [2.24, 2.45) is 5.92 Å². The average molecular weight is 567 g/mol. The highest BCUT2D eigenvalue weighted by Crippen LogP contribution is 2.38. The fourth-order valence-electron chi connectivity index (χ4n) is 5.75. The molecule has 6 nitrogen and oxygen atoms in total. The highest BCUT2D eigenvalue weighted by Gasteiger charge is 2.28. The molecule has 0 radical (unpaired) electrons. The van der Waals surface area contributed by atoms with Crippen molar-refractivity contribution in [1.82, 2.24) is 0 Å². The summed E-state index contributed by atoms with van der Waals surface area (Å²) >= 11 is 0. The third-order valence-corrected chi connectivity index (χ3v) is 10.3. The minimum Gasteiger partial charge on any atom is -0.379 e. The van der Waals surface area contributed by atoms with Crippen LogP contribution in [0.3, 0.4) is 0 Å². The van der Waals surface area contributed by atoms with Crippen LogP contribution < -0.4 is 4.18 Å². The van der Waals surface area contributed by atoms with Crippen LogP contribution in [0.5, 0.6) is 5.75 Å². The Bertz CT molecular complexity index is 1180. The quantitative estimate of drug-likeness (QED) is 0.263. The van der Waals surface area contributed by atoms with Crippen LogP contribution in [-0.4, -0.2) is 21.4 Å². The van der Waals surface area contributed by atoms with E-state index < -0.39 is 20.2 Å². The molecule has 38 heavy (non-hydrogen) atoms. The lowest BCUT2D eigenvalue weighted by Crippen LogP contribution is -2.17. The van der Waals surface area contributed by atoms with Gasteiger partial charge in [0, 0.05) is 0 Å². The molecule has 214 valence electrons. The molecule has 0 aliphatic heterocycles. The van der Waals surface area contributed by atoms with E-state index in [2.05, 4.69) is 0 Å². The van der Waals surface area contributed by atoms with Crippen LogP contribution in [0.25, 0.3) is 0 Å². The van der Waals surface area contributed by atoms with E-state index in [0.717, 1.165) is 6.42 Å². The van der Waals surface area contributed by atoms with E-state index in [1.54, 1.807) is 33.8 Å². The first-order valence-electron chi connectivity index (χ1n) is 14.4. The fourth-order valence-corrected chi connectivity index (χ4v) is 7.97. The molecule has 0 bridgehead atoms. The van der Waals surface area contributed by atoms with Crippen LogP contribution >= 0.6 is 0 Å². The molecule has 1 saturated carbocycles. The minimum atomic E-state index is -4.49. The summed E-state index contributed by atoms with van der Waals surface area (Å²) in [6.07, 6.45) is 18.9. The second-order valence-corrected chi connectivity index (χ2v) is 14.5. The monoisotopic (exact) mass is 566 g/mol. The van der Waals surface area contributed by atoms with Gasteiger partial charge in [0.15, 0.2) is 0 Å². The molecule has 0 spiro atoms. The molecule has 0 heterocycles. The highest BCUT2D eigenvalue weighted by molar-refractivity contribution is 7.91. The first kappa shape index (κ1) is 30.9. The standard InChI is InChI=1S/C30H46O6S2/c1-22(2)28-20-26(21-29(23(3)4)30(28)37(31,32)33)36-38(34,35)27-18-16-25(17-19-27)24-14-12-10-8-6-5-7-9-11-13-15-24/h16,18,20-24H,5-15,17,19H2,1-4H3,(H,31,32,33). The molecule has 1 aromatic carbocycles. The second kappa shape index (κ2) is 13.6. The highest BCUT2D eigenvalue weighted by atomic mass is 32.2. The van der Waals surface area contributed by atoms with Crippen molar-refractivity contribution in [2.75, 3.05) is 0 Å². The van der Waals surface area contributed by atoms with Gasteiger partial charge in [0.1, 0.15) is 10.6 Å². The molecular formula is C30H46O6S2. The van der Waals surface area contributed by atoms with Crippen LogP contribution in [0.1, 0.15) is 134 Å². The third-order valence-electron chi connectivity index (χ3n) is 7.92. The van der Waals surface area contributed by atoms with E-state index in [-0.39, 0.29) is 27.4 Å². The van der Waals surface area contributed by atoms with Gasteiger partial charge in [-0.15, -0.1) is 0 Å². The Hall–Kier alpha value is -1.64. The molecule has 0 atom stereocenters. The summed E-state index contributed by atoms with van der Waals surface area (Å²) < 4.78 is 66.3. The van der Waals surface area contributed by atoms with Gasteiger partial charge in [0.25, 0.3) is 10.1 Å². The Morgan fingerprint density at radius 3 is 1.61 bits per heavy atom. The normalized spacial score (nSPS) is 19.4. The summed E-state index contributed by atoms with van der Waals surface area (Å²) in [6.45, 7) is 7.19. The van der Waals surface area contributed by atoms with Crippen LogP contribution in [0.2, 0.25) is 0 Å². The smallest absolute Gasteiger partial charge is 0.335 e. The van der Waals surface area contributed by atoms with E-state index in [4.69, 9.17) is 4.18 Å². The van der Waals surface area contributed by atoms with Crippen molar-refractivity contribution in [1.29, 1.82) is 0 Å². The first-order chi connectivity index (χ1) is 17.9. The van der Waals surface area contributed by atoms with Gasteiger partial charge in [0.2, 0.25) is 0 Å². The van der Waals surface area contributed by atoms with Crippen molar-refractivity contribution in [3.63, 3.8) is 0 Å². The van der Waals surface area contributed by atoms with Crippen molar-refractivity contribution < 1.29 is 25.6 Å². The van der Waals surface area contributed by atoms with Crippen LogP contribution in [-0.2, 0) is 20.2 Å². The SMILES string of the molecule is CC(C)c1cc(OS(=O)(=O)C2=CC=C(C3CCCCCCCCCCC3)CC2)cc(C(C)C)c1S(=O)(=O)O. The lowest BCUT2D eigenvalue weighted by molar-refractivity contribution is 0.426. The van der Waals surface area contributed by atoms with Gasteiger partial charge < -0.3 is 4.18 Å². The predicted octanol–water partition coefficient (Wildman–Crippen LogP) is 8.41. The van der Waals surface area contributed by atoms with Crippen LogP contribution in [0.4, 0.5) is 0 Å². The molecule has 3 rings (SSSR count). The summed E-state index contributed by atoms with van der Waals surface area (Å²) in [5.74, 6) is 0.0628. The van der Waals surface area contributed by atoms with E-state index in [1.165, 1.54) is 88.3 Å². The van der Waals surface area contributed by atoms with Gasteiger partial charge >= 0.3 is 10.1 Å². The van der Waals surface area contributed by atoms with Gasteiger partial charge in [-0.05, 0) is 72.8 Å². The van der Waals surface area contributed by atoms with Crippen LogP contribution in [0.15, 0.2) is 39.7 Å². The predicted molar refractivity (Wildman–Crippen MR) is 154 cm³/mol. The maximum atomic E-state index is 13.2. The Kier molecular flexibility index (Phi) is 11.1. The summed E-state index contributed by atoms with van der Waals surface area (Å²) in [6, 6.07) is 2.85. The first-order valence-corrected chi connectivity index (χ1v) is 17.2. The molecule has 2 aliphatic carbocycles. The second-order valence-electron chi connectivity index (χ2n) is 11.6. The molecule has 0 unspecified atom stereocenters. The molecule has 1 N–H and O–H groups in total. The van der Waals surface area contributed by atoms with Gasteiger partial charge in [-0.3, -0.25) is 4.55 Å². The molecule has 1 aromatic rings. The summed E-state index contributed by atoms with van der Waals surface area (Å²) in [5.41, 5.74) is 2.03. The van der Waals surface area contributed by atoms with Crippen molar-refractivity contribution >= 4 is 20.2 Å². The lowest BCUT2D eigenvalue weighted by atomic mass is 9.83. The Balaban J connectivity index is 1.83. The number of hydrogen-bond donors (Lipinski definition) is 1. The maximum Gasteiger partial charge on any atom is 0.335 e. The summed E-state index contributed by atoms with van der Waals surface area (Å²) in [7, 11) is -8.54. The van der Waals surface area contributed by atoms with Crippen molar-refractivity contribution in [2.45, 2.75) is 128 Å². The number of rotatable bonds is 7. The maximum absolute atomic E-state index is 13.2. The Morgan fingerprint density at radius 1 is 0.737 bits per heavy atom. The summed E-state index contributed by atoms with van der Waals surface area (Å²) in [4.78, 5) is 0.0826. The zero-order chi connectivity index (χ0) is 27.9. The van der Waals surface area contributed by atoms with E-state index >= 15 is 0 Å². The Morgan fingerprint density at radius 2 is 1.21 bits per heavy atom. The molecule has 0 aromatic heterocycles. The van der Waals surface area contributed by atoms with E-state index in [9.17, 15) is 21.4 Å². The number of allylic oxidation sites excluding steroid dienone is 4. The van der Waals surface area contributed by atoms with Gasteiger partial charge in [-0.2, -0.15) is 16.8 Å². The van der Waals surface area contributed by atoms with Crippen LogP contribution in [0, 0.1) is 5.92 Å². The topological polar surface area (TPSA) is 97.7 Å². The number of hydrogen-bond acceptors (Lipinski definition) is 5. The third kappa shape index (κ3) is 8.43. The molecule has 1 fully saturated rings. The zero-order valence-electron chi connectivity index (χ0n) is 23.5. The van der Waals surface area contributed by atoms with Crippen molar-refractivity contribution in [3.8, 4) is 5.75 Å². The number of benzene rings is 1. The van der Waals surface area contributed by atoms with Gasteiger partial charge in [-0.1, -0.05) is 97.1 Å². The van der Waals surface area contributed by atoms with E-state index in [1.807, 2.05) is 6.08 Å². The minimum absolute atomic E-state index is 0.0693. The zero-order valence-corrected chi connectivity index (χ0v) is 25.2.